The summed E-state index contributed by atoms with van der Waals surface area (Å²) in [6.07, 6.45) is 5.58. The fourth-order valence-electron chi connectivity index (χ4n) is 10.1. The first kappa shape index (κ1) is 34.6. The third kappa shape index (κ3) is 5.48. The number of hydrogen-bond donors (Lipinski definition) is 1. The summed E-state index contributed by atoms with van der Waals surface area (Å²) in [6.45, 7) is 0.0672. The molecule has 1 atom stereocenters. The highest BCUT2D eigenvalue weighted by Gasteiger charge is 2.46. The summed E-state index contributed by atoms with van der Waals surface area (Å²) in [6, 6.07) is 72.7. The van der Waals surface area contributed by atoms with Crippen LogP contribution in [0.4, 0.5) is 51.2 Å². The summed E-state index contributed by atoms with van der Waals surface area (Å²) < 4.78 is 0. The van der Waals surface area contributed by atoms with Crippen molar-refractivity contribution in [3.8, 4) is 0 Å². The molecule has 8 aromatic rings. The van der Waals surface area contributed by atoms with E-state index in [1.165, 1.54) is 72.6 Å². The van der Waals surface area contributed by atoms with Crippen molar-refractivity contribution in [2.24, 2.45) is 0 Å². The van der Waals surface area contributed by atoms with E-state index in [2.05, 4.69) is 240 Å². The topological polar surface area (TPSA) is 21.8 Å². The lowest BCUT2D eigenvalue weighted by atomic mass is 9.32. The maximum absolute atomic E-state index is 3.99. The molecule has 281 valence electrons. The lowest BCUT2D eigenvalue weighted by Crippen LogP contribution is -2.64. The fourth-order valence-corrected chi connectivity index (χ4v) is 10.1. The molecule has 4 nitrogen and oxygen atoms in total. The maximum atomic E-state index is 3.99. The molecule has 1 unspecified atom stereocenters. The van der Waals surface area contributed by atoms with Crippen LogP contribution in [0.2, 0.25) is 0 Å². The summed E-state index contributed by atoms with van der Waals surface area (Å²) in [4.78, 5) is 7.54. The van der Waals surface area contributed by atoms with E-state index in [4.69, 9.17) is 0 Å². The molecule has 60 heavy (non-hydrogen) atoms. The second-order valence-electron chi connectivity index (χ2n) is 15.9. The van der Waals surface area contributed by atoms with Gasteiger partial charge in [-0.3, -0.25) is 0 Å². The van der Waals surface area contributed by atoms with Crippen molar-refractivity contribution in [3.05, 3.63) is 224 Å². The van der Waals surface area contributed by atoms with Gasteiger partial charge in [0.05, 0.1) is 6.04 Å². The molecule has 0 fully saturated rings. The Morgan fingerprint density at radius 2 is 1.10 bits per heavy atom. The van der Waals surface area contributed by atoms with Crippen LogP contribution < -0.4 is 47.3 Å². The van der Waals surface area contributed by atoms with E-state index in [-0.39, 0.29) is 12.8 Å². The van der Waals surface area contributed by atoms with E-state index >= 15 is 0 Å². The summed E-state index contributed by atoms with van der Waals surface area (Å²) >= 11 is 0. The van der Waals surface area contributed by atoms with Crippen LogP contribution in [0.3, 0.4) is 0 Å². The largest absolute Gasteiger partial charge is 0.358 e. The zero-order valence-electron chi connectivity index (χ0n) is 33.0. The first-order valence-corrected chi connectivity index (χ1v) is 20.9. The molecule has 8 aromatic carbocycles. The molecule has 0 aromatic heterocycles. The minimum Gasteiger partial charge on any atom is -0.358 e. The van der Waals surface area contributed by atoms with Crippen LogP contribution in [0.1, 0.15) is 12.0 Å². The van der Waals surface area contributed by atoms with Crippen molar-refractivity contribution < 1.29 is 0 Å². The Labute approximate surface area is 352 Å². The number of fused-ring (bicyclic) bond motifs is 7. The van der Waals surface area contributed by atoms with Gasteiger partial charge >= 0.3 is 0 Å². The molecule has 0 saturated carbocycles. The molecule has 1 aliphatic carbocycles. The summed E-state index contributed by atoms with van der Waals surface area (Å²) in [7, 11) is 2.45. The summed E-state index contributed by atoms with van der Waals surface area (Å²) in [5.41, 5.74) is 20.7. The maximum Gasteiger partial charge on any atom is 0.252 e. The van der Waals surface area contributed by atoms with E-state index in [1.54, 1.807) is 0 Å². The van der Waals surface area contributed by atoms with Crippen molar-refractivity contribution in [2.45, 2.75) is 12.5 Å². The van der Waals surface area contributed by atoms with Crippen LogP contribution >= 0.6 is 0 Å². The standard InChI is InChI=1S/C54H39B2N4/c1-5-19-37(20-6-1)57-47-35-41(58(38-21-7-2-8-22-38)39-23-9-3-10-24-39)33-34-42(47)43-36-51-53-54-52(43)55-44-27-13-16-30-48(44)60(54)50-32-18-15-29-46(50)56(53)45-28-14-17-31-49(45)59(51)40-25-11-4-12-26-40/h1-34,36,41,57H,35H2. The molecule has 1 N–H and O–H groups in total. The normalized spacial score (nSPS) is 15.3. The van der Waals surface area contributed by atoms with Crippen molar-refractivity contribution in [2.75, 3.05) is 20.0 Å². The molecule has 0 bridgehead atoms. The SMILES string of the molecule is [B]1c2ccccc2N2c3ccccc3B3c4ccccc4N(c4ccccc4)c4cc(C5=C(Nc6ccccc6)CC(N(c6ccccc6)c6ccccc6)C=C5)c1c2c43. The average molecular weight is 766 g/mol. The number of benzene rings is 8. The smallest absolute Gasteiger partial charge is 0.252 e. The number of para-hydroxylation sites is 7. The molecule has 1 radical (unpaired) electrons. The van der Waals surface area contributed by atoms with E-state index in [0.29, 0.717) is 0 Å². The zero-order valence-corrected chi connectivity index (χ0v) is 33.0. The van der Waals surface area contributed by atoms with Gasteiger partial charge in [0.25, 0.3) is 6.71 Å². The highest BCUT2D eigenvalue weighted by atomic mass is 15.2. The molecular formula is C54H39B2N4. The molecule has 0 saturated heterocycles. The van der Waals surface area contributed by atoms with E-state index in [1.807, 2.05) is 0 Å². The van der Waals surface area contributed by atoms with Gasteiger partial charge in [0.2, 0.25) is 0 Å². The second-order valence-corrected chi connectivity index (χ2v) is 15.9. The minimum absolute atomic E-state index is 0.0576. The molecule has 3 aliphatic heterocycles. The minimum atomic E-state index is 0.0576. The lowest BCUT2D eigenvalue weighted by Gasteiger charge is -2.47. The molecule has 12 rings (SSSR count). The van der Waals surface area contributed by atoms with Crippen LogP contribution in [0, 0.1) is 0 Å². The van der Waals surface area contributed by atoms with E-state index in [0.717, 1.165) is 29.2 Å². The number of anilines is 9. The lowest BCUT2D eigenvalue weighted by molar-refractivity contribution is 0.762. The van der Waals surface area contributed by atoms with Crippen LogP contribution in [0.5, 0.6) is 0 Å². The Bertz CT molecular complexity index is 2940. The van der Waals surface area contributed by atoms with Gasteiger partial charge in [0, 0.05) is 68.9 Å². The average Bonchev–Trinajstić information content (AvgIpc) is 3.31. The van der Waals surface area contributed by atoms with Gasteiger partial charge in [0.15, 0.2) is 7.28 Å². The van der Waals surface area contributed by atoms with Crippen LogP contribution in [0.25, 0.3) is 5.57 Å². The molecule has 0 spiro atoms. The van der Waals surface area contributed by atoms with Crippen molar-refractivity contribution in [1.29, 1.82) is 0 Å². The highest BCUT2D eigenvalue weighted by molar-refractivity contribution is 7.01. The molecule has 4 aliphatic rings. The first-order chi connectivity index (χ1) is 29.8. The Morgan fingerprint density at radius 1 is 0.550 bits per heavy atom. The van der Waals surface area contributed by atoms with Crippen LogP contribution in [-0.2, 0) is 0 Å². The Balaban J connectivity index is 1.13. The number of allylic oxidation sites excluding steroid dienone is 2. The zero-order chi connectivity index (χ0) is 39.6. The van der Waals surface area contributed by atoms with Gasteiger partial charge in [-0.05, 0) is 94.7 Å². The van der Waals surface area contributed by atoms with Gasteiger partial charge in [0.1, 0.15) is 0 Å². The number of nitrogens with one attached hydrogen (secondary N) is 1. The fraction of sp³-hybridized carbons (Fsp3) is 0.0370. The molecule has 0 amide bonds. The van der Waals surface area contributed by atoms with Gasteiger partial charge in [-0.25, -0.2) is 0 Å². The molecule has 3 heterocycles. The molecule has 6 heteroatoms. The monoisotopic (exact) mass is 765 g/mol. The van der Waals surface area contributed by atoms with Crippen LogP contribution in [-0.4, -0.2) is 20.0 Å². The highest BCUT2D eigenvalue weighted by Crippen LogP contribution is 2.46. The molecular weight excluding hydrogens is 726 g/mol. The third-order valence-corrected chi connectivity index (χ3v) is 12.6. The first-order valence-electron chi connectivity index (χ1n) is 20.9. The van der Waals surface area contributed by atoms with Gasteiger partial charge in [-0.2, -0.15) is 0 Å². The Hall–Kier alpha value is -7.43. The van der Waals surface area contributed by atoms with E-state index in [9.17, 15) is 0 Å². The number of nitrogens with zero attached hydrogens (tertiary/aromatic N) is 3. The van der Waals surface area contributed by atoms with Crippen molar-refractivity contribution in [3.63, 3.8) is 0 Å². The number of hydrogen-bond acceptors (Lipinski definition) is 4. The summed E-state index contributed by atoms with van der Waals surface area (Å²) in [5.74, 6) is 0. The van der Waals surface area contributed by atoms with Gasteiger partial charge < -0.3 is 20.0 Å². The Morgan fingerprint density at radius 3 is 1.77 bits per heavy atom. The third-order valence-electron chi connectivity index (χ3n) is 12.6. The summed E-state index contributed by atoms with van der Waals surface area (Å²) in [5, 5.41) is 3.99. The van der Waals surface area contributed by atoms with Crippen molar-refractivity contribution >= 4 is 98.1 Å². The van der Waals surface area contributed by atoms with Gasteiger partial charge in [-0.1, -0.05) is 150 Å². The van der Waals surface area contributed by atoms with Gasteiger partial charge in [-0.15, -0.1) is 0 Å². The predicted molar refractivity (Wildman–Crippen MR) is 255 cm³/mol. The predicted octanol–water partition coefficient (Wildman–Crippen LogP) is 9.73. The van der Waals surface area contributed by atoms with E-state index < -0.39 is 0 Å². The Kier molecular flexibility index (Phi) is 8.15. The quantitative estimate of drug-likeness (QED) is 0.163. The number of rotatable bonds is 7. The second kappa shape index (κ2) is 14.1. The van der Waals surface area contributed by atoms with Crippen LogP contribution in [0.15, 0.2) is 218 Å². The van der Waals surface area contributed by atoms with Crippen molar-refractivity contribution in [1.82, 2.24) is 0 Å².